The van der Waals surface area contributed by atoms with E-state index in [1.54, 1.807) is 7.11 Å². The summed E-state index contributed by atoms with van der Waals surface area (Å²) in [7, 11) is 3.72. The van der Waals surface area contributed by atoms with Crippen molar-refractivity contribution >= 4 is 0 Å². The number of ether oxygens (including phenoxy) is 1. The lowest BCUT2D eigenvalue weighted by molar-refractivity contribution is 0.407. The van der Waals surface area contributed by atoms with Crippen LogP contribution in [0.4, 0.5) is 0 Å². The van der Waals surface area contributed by atoms with Crippen LogP contribution in [0, 0.1) is 0 Å². The number of hydrogen-bond donors (Lipinski definition) is 1. The summed E-state index contributed by atoms with van der Waals surface area (Å²) in [4.78, 5) is 0. The molecule has 1 aromatic rings. The van der Waals surface area contributed by atoms with Crippen molar-refractivity contribution in [2.45, 2.75) is 32.6 Å². The van der Waals surface area contributed by atoms with Gasteiger partial charge in [0.2, 0.25) is 0 Å². The van der Waals surface area contributed by atoms with Gasteiger partial charge in [0.1, 0.15) is 5.75 Å². The summed E-state index contributed by atoms with van der Waals surface area (Å²) in [6.07, 6.45) is 0. The fourth-order valence-electron chi connectivity index (χ4n) is 1.93. The lowest BCUT2D eigenvalue weighted by Crippen LogP contribution is -2.15. The number of benzene rings is 1. The fourth-order valence-corrected chi connectivity index (χ4v) is 1.93. The second-order valence-corrected chi connectivity index (χ2v) is 4.61. The molecule has 0 fully saturated rings. The maximum Gasteiger partial charge on any atom is 0.122 e. The summed E-state index contributed by atoms with van der Waals surface area (Å²) in [5.41, 5.74) is 2.67. The molecule has 0 bridgehead atoms. The Morgan fingerprint density at radius 2 is 1.94 bits per heavy atom. The van der Waals surface area contributed by atoms with E-state index >= 15 is 0 Å². The third-order valence-electron chi connectivity index (χ3n) is 2.96. The Bertz CT molecular complexity index is 334. The number of likely N-dealkylation sites (N-methyl/N-ethyl adjacent to an activating group) is 1. The van der Waals surface area contributed by atoms with E-state index in [1.165, 1.54) is 11.1 Å². The Balaban J connectivity index is 3.01. The quantitative estimate of drug-likeness (QED) is 0.824. The molecule has 2 heteroatoms. The normalized spacial score (nSPS) is 12.9. The molecule has 0 heterocycles. The molecule has 0 amide bonds. The number of rotatable bonds is 5. The first-order chi connectivity index (χ1) is 7.60. The Morgan fingerprint density at radius 1 is 1.25 bits per heavy atom. The van der Waals surface area contributed by atoms with E-state index in [1.807, 2.05) is 7.05 Å². The second-order valence-electron chi connectivity index (χ2n) is 4.61. The SMILES string of the molecule is CNCC(C)c1ccc(OC)c(C(C)C)c1. The lowest BCUT2D eigenvalue weighted by atomic mass is 9.94. The molecule has 0 saturated carbocycles. The van der Waals surface area contributed by atoms with E-state index in [0.29, 0.717) is 11.8 Å². The van der Waals surface area contributed by atoms with Crippen molar-refractivity contribution < 1.29 is 4.74 Å². The number of methoxy groups -OCH3 is 1. The van der Waals surface area contributed by atoms with Crippen LogP contribution in [0.1, 0.15) is 43.7 Å². The van der Waals surface area contributed by atoms with Crippen molar-refractivity contribution in [2.75, 3.05) is 20.7 Å². The maximum atomic E-state index is 5.39. The van der Waals surface area contributed by atoms with Crippen LogP contribution in [0.25, 0.3) is 0 Å². The average molecular weight is 221 g/mol. The third kappa shape index (κ3) is 2.99. The van der Waals surface area contributed by atoms with Gasteiger partial charge in [-0.2, -0.15) is 0 Å². The van der Waals surface area contributed by atoms with Crippen molar-refractivity contribution in [2.24, 2.45) is 0 Å². The van der Waals surface area contributed by atoms with E-state index in [4.69, 9.17) is 4.74 Å². The van der Waals surface area contributed by atoms with E-state index in [0.717, 1.165) is 12.3 Å². The first kappa shape index (κ1) is 13.0. The van der Waals surface area contributed by atoms with Gasteiger partial charge in [-0.15, -0.1) is 0 Å². The number of hydrogen-bond acceptors (Lipinski definition) is 2. The van der Waals surface area contributed by atoms with Gasteiger partial charge in [0.15, 0.2) is 0 Å². The van der Waals surface area contributed by atoms with Crippen LogP contribution in [0.5, 0.6) is 5.75 Å². The summed E-state index contributed by atoms with van der Waals surface area (Å²) in [6, 6.07) is 6.51. The first-order valence-electron chi connectivity index (χ1n) is 5.92. The molecule has 0 aromatic heterocycles. The van der Waals surface area contributed by atoms with Gasteiger partial charge in [0.25, 0.3) is 0 Å². The molecule has 1 unspecified atom stereocenters. The van der Waals surface area contributed by atoms with Crippen molar-refractivity contribution in [3.05, 3.63) is 29.3 Å². The molecule has 0 aliphatic heterocycles. The molecule has 16 heavy (non-hydrogen) atoms. The largest absolute Gasteiger partial charge is 0.496 e. The Kier molecular flexibility index (Phi) is 4.81. The summed E-state index contributed by atoms with van der Waals surface area (Å²) in [5, 5.41) is 3.21. The van der Waals surface area contributed by atoms with Crippen LogP contribution < -0.4 is 10.1 Å². The van der Waals surface area contributed by atoms with Crippen molar-refractivity contribution in [3.63, 3.8) is 0 Å². The highest BCUT2D eigenvalue weighted by Gasteiger charge is 2.11. The zero-order valence-electron chi connectivity index (χ0n) is 11.0. The van der Waals surface area contributed by atoms with Gasteiger partial charge in [-0.1, -0.05) is 32.9 Å². The molecule has 0 saturated heterocycles. The molecule has 0 spiro atoms. The highest BCUT2D eigenvalue weighted by Crippen LogP contribution is 2.29. The van der Waals surface area contributed by atoms with E-state index in [9.17, 15) is 0 Å². The van der Waals surface area contributed by atoms with Gasteiger partial charge < -0.3 is 10.1 Å². The van der Waals surface area contributed by atoms with E-state index in [2.05, 4.69) is 44.3 Å². The first-order valence-corrected chi connectivity index (χ1v) is 5.92. The monoisotopic (exact) mass is 221 g/mol. The maximum absolute atomic E-state index is 5.39. The summed E-state index contributed by atoms with van der Waals surface area (Å²) < 4.78 is 5.39. The van der Waals surface area contributed by atoms with E-state index in [-0.39, 0.29) is 0 Å². The third-order valence-corrected chi connectivity index (χ3v) is 2.96. The van der Waals surface area contributed by atoms with Gasteiger partial charge in [-0.25, -0.2) is 0 Å². The summed E-state index contributed by atoms with van der Waals surface area (Å²) >= 11 is 0. The molecular weight excluding hydrogens is 198 g/mol. The standard InChI is InChI=1S/C14H23NO/c1-10(2)13-8-12(11(3)9-15-4)6-7-14(13)16-5/h6-8,10-11,15H,9H2,1-5H3. The molecular formula is C14H23NO. The van der Waals surface area contributed by atoms with Gasteiger partial charge >= 0.3 is 0 Å². The van der Waals surface area contributed by atoms with Gasteiger partial charge in [0, 0.05) is 6.54 Å². The van der Waals surface area contributed by atoms with Gasteiger partial charge in [0.05, 0.1) is 7.11 Å². The molecule has 0 aliphatic rings. The van der Waals surface area contributed by atoms with Gasteiger partial charge in [-0.05, 0) is 36.1 Å². The van der Waals surface area contributed by atoms with Gasteiger partial charge in [-0.3, -0.25) is 0 Å². The molecule has 2 nitrogen and oxygen atoms in total. The minimum absolute atomic E-state index is 0.497. The molecule has 1 atom stereocenters. The Morgan fingerprint density at radius 3 is 2.44 bits per heavy atom. The minimum atomic E-state index is 0.497. The topological polar surface area (TPSA) is 21.3 Å². The van der Waals surface area contributed by atoms with Crippen LogP contribution in [0.15, 0.2) is 18.2 Å². The smallest absolute Gasteiger partial charge is 0.122 e. The Labute approximate surface area is 99.0 Å². The average Bonchev–Trinajstić information content (AvgIpc) is 2.28. The molecule has 0 radical (unpaired) electrons. The van der Waals surface area contributed by atoms with Crippen LogP contribution >= 0.6 is 0 Å². The minimum Gasteiger partial charge on any atom is -0.496 e. The Hall–Kier alpha value is -1.02. The summed E-state index contributed by atoms with van der Waals surface area (Å²) in [5.74, 6) is 2.03. The zero-order valence-corrected chi connectivity index (χ0v) is 11.0. The molecule has 1 aromatic carbocycles. The fraction of sp³-hybridized carbons (Fsp3) is 0.571. The predicted molar refractivity (Wildman–Crippen MR) is 69.4 cm³/mol. The van der Waals surface area contributed by atoms with Crippen molar-refractivity contribution in [1.29, 1.82) is 0 Å². The van der Waals surface area contributed by atoms with Crippen LogP contribution in [-0.4, -0.2) is 20.7 Å². The van der Waals surface area contributed by atoms with E-state index < -0.39 is 0 Å². The highest BCUT2D eigenvalue weighted by atomic mass is 16.5. The summed E-state index contributed by atoms with van der Waals surface area (Å²) in [6.45, 7) is 7.64. The predicted octanol–water partition coefficient (Wildman–Crippen LogP) is 3.14. The molecule has 90 valence electrons. The molecule has 0 aliphatic carbocycles. The molecule has 1 N–H and O–H groups in total. The van der Waals surface area contributed by atoms with Crippen molar-refractivity contribution in [3.8, 4) is 5.75 Å². The van der Waals surface area contributed by atoms with Crippen LogP contribution in [-0.2, 0) is 0 Å². The zero-order chi connectivity index (χ0) is 12.1. The highest BCUT2D eigenvalue weighted by molar-refractivity contribution is 5.40. The van der Waals surface area contributed by atoms with Crippen LogP contribution in [0.2, 0.25) is 0 Å². The van der Waals surface area contributed by atoms with Crippen molar-refractivity contribution in [1.82, 2.24) is 5.32 Å². The van der Waals surface area contributed by atoms with Crippen LogP contribution in [0.3, 0.4) is 0 Å². The second kappa shape index (κ2) is 5.90. The molecule has 1 rings (SSSR count). The lowest BCUT2D eigenvalue weighted by Gasteiger charge is -2.17. The number of nitrogens with one attached hydrogen (secondary N) is 1.